The molecule has 0 aliphatic heterocycles. The van der Waals surface area contributed by atoms with E-state index in [9.17, 15) is 0 Å². The Morgan fingerprint density at radius 1 is 0.963 bits per heavy atom. The van der Waals surface area contributed by atoms with Gasteiger partial charge in [-0.2, -0.15) is 0 Å². The molecule has 1 aromatic heterocycles. The molecule has 0 amide bonds. The number of nitrogens with one attached hydrogen (secondary N) is 2. The summed E-state index contributed by atoms with van der Waals surface area (Å²) >= 11 is 5.92. The summed E-state index contributed by atoms with van der Waals surface area (Å²) in [6.07, 6.45) is 0.893. The minimum absolute atomic E-state index is 0.630. The smallest absolute Gasteiger partial charge is 0.132 e. The molecular formula is C21H23ClN4O. The van der Waals surface area contributed by atoms with Gasteiger partial charge >= 0.3 is 0 Å². The predicted octanol–water partition coefficient (Wildman–Crippen LogP) is 4.71. The van der Waals surface area contributed by atoms with E-state index in [1.165, 1.54) is 5.56 Å². The van der Waals surface area contributed by atoms with Crippen molar-refractivity contribution in [2.24, 2.45) is 0 Å². The molecule has 0 aliphatic carbocycles. The average Bonchev–Trinajstić information content (AvgIpc) is 2.68. The van der Waals surface area contributed by atoms with E-state index >= 15 is 0 Å². The zero-order valence-corrected chi connectivity index (χ0v) is 16.3. The number of anilines is 2. The van der Waals surface area contributed by atoms with Gasteiger partial charge in [-0.05, 0) is 37.1 Å². The number of benzene rings is 2. The Morgan fingerprint density at radius 3 is 2.41 bits per heavy atom. The fraction of sp³-hybridized carbons (Fsp3) is 0.238. The van der Waals surface area contributed by atoms with Crippen LogP contribution in [0, 0.1) is 6.92 Å². The standard InChI is InChI=1S/C21H23ClN4O/c1-15-25-20(23-12-11-16-7-9-18(22)10-8-16)13-21(26-15)24-14-17-5-3-4-6-19(17)27-2/h3-10,13H,11-12,14H2,1-2H3,(H2,23,24,25,26). The number of methoxy groups -OCH3 is 1. The van der Waals surface area contributed by atoms with Crippen molar-refractivity contribution in [1.82, 2.24) is 9.97 Å². The van der Waals surface area contributed by atoms with Gasteiger partial charge in [0.1, 0.15) is 23.2 Å². The second kappa shape index (κ2) is 9.24. The summed E-state index contributed by atoms with van der Waals surface area (Å²) in [6, 6.07) is 17.7. The third-order valence-corrected chi connectivity index (χ3v) is 4.38. The van der Waals surface area contributed by atoms with E-state index in [0.29, 0.717) is 12.4 Å². The first-order valence-corrected chi connectivity index (χ1v) is 9.21. The number of hydrogen-bond acceptors (Lipinski definition) is 5. The molecule has 3 aromatic rings. The molecule has 0 fully saturated rings. The van der Waals surface area contributed by atoms with Gasteiger partial charge in [-0.15, -0.1) is 0 Å². The van der Waals surface area contributed by atoms with Crippen LogP contribution in [0.5, 0.6) is 5.75 Å². The van der Waals surface area contributed by atoms with Crippen LogP contribution in [0.4, 0.5) is 11.6 Å². The largest absolute Gasteiger partial charge is 0.496 e. The van der Waals surface area contributed by atoms with E-state index < -0.39 is 0 Å². The first-order valence-electron chi connectivity index (χ1n) is 8.84. The van der Waals surface area contributed by atoms with E-state index in [4.69, 9.17) is 16.3 Å². The second-order valence-corrected chi connectivity index (χ2v) is 6.59. The normalized spacial score (nSPS) is 10.5. The van der Waals surface area contributed by atoms with Crippen molar-refractivity contribution in [1.29, 1.82) is 0 Å². The Hall–Kier alpha value is -2.79. The number of halogens is 1. The Kier molecular flexibility index (Phi) is 6.49. The number of hydrogen-bond donors (Lipinski definition) is 2. The highest BCUT2D eigenvalue weighted by atomic mass is 35.5. The van der Waals surface area contributed by atoms with E-state index in [0.717, 1.165) is 40.9 Å². The van der Waals surface area contributed by atoms with Gasteiger partial charge < -0.3 is 15.4 Å². The van der Waals surface area contributed by atoms with Gasteiger partial charge in [0.25, 0.3) is 0 Å². The first-order chi connectivity index (χ1) is 13.1. The zero-order chi connectivity index (χ0) is 19.1. The first kappa shape index (κ1) is 19.0. The quantitative estimate of drug-likeness (QED) is 0.590. The highest BCUT2D eigenvalue weighted by Gasteiger charge is 2.05. The Bertz CT molecular complexity index is 884. The molecule has 0 atom stereocenters. The lowest BCUT2D eigenvalue weighted by Crippen LogP contribution is -2.09. The minimum Gasteiger partial charge on any atom is -0.496 e. The van der Waals surface area contributed by atoms with Crippen LogP contribution in [-0.2, 0) is 13.0 Å². The Labute approximate surface area is 164 Å². The number of aryl methyl sites for hydroxylation is 1. The molecule has 0 spiro atoms. The summed E-state index contributed by atoms with van der Waals surface area (Å²) in [5.74, 6) is 3.16. The van der Waals surface area contributed by atoms with Crippen molar-refractivity contribution in [2.75, 3.05) is 24.3 Å². The third-order valence-electron chi connectivity index (χ3n) is 4.12. The number of aromatic nitrogens is 2. The van der Waals surface area contributed by atoms with Crippen LogP contribution >= 0.6 is 11.6 Å². The molecule has 0 bridgehead atoms. The molecule has 1 heterocycles. The number of rotatable bonds is 8. The summed E-state index contributed by atoms with van der Waals surface area (Å²) in [5, 5.41) is 7.46. The summed E-state index contributed by atoms with van der Waals surface area (Å²) in [6.45, 7) is 3.30. The molecular weight excluding hydrogens is 360 g/mol. The fourth-order valence-corrected chi connectivity index (χ4v) is 2.90. The molecule has 5 nitrogen and oxygen atoms in total. The van der Waals surface area contributed by atoms with Gasteiger partial charge in [-0.25, -0.2) is 9.97 Å². The van der Waals surface area contributed by atoms with Gasteiger partial charge in [0.05, 0.1) is 7.11 Å². The third kappa shape index (κ3) is 5.59. The van der Waals surface area contributed by atoms with Gasteiger partial charge in [0.15, 0.2) is 0 Å². The van der Waals surface area contributed by atoms with Gasteiger partial charge in [0, 0.05) is 29.7 Å². The number of nitrogens with zero attached hydrogens (tertiary/aromatic N) is 2. The predicted molar refractivity (Wildman–Crippen MR) is 111 cm³/mol. The van der Waals surface area contributed by atoms with Crippen LogP contribution < -0.4 is 15.4 Å². The molecule has 0 unspecified atom stereocenters. The molecule has 3 rings (SSSR count). The van der Waals surface area contributed by atoms with E-state index in [1.807, 2.05) is 61.5 Å². The van der Waals surface area contributed by atoms with E-state index in [-0.39, 0.29) is 0 Å². The summed E-state index contributed by atoms with van der Waals surface area (Å²) in [4.78, 5) is 8.92. The fourth-order valence-electron chi connectivity index (χ4n) is 2.77. The van der Waals surface area contributed by atoms with Crippen LogP contribution in [0.2, 0.25) is 5.02 Å². The van der Waals surface area contributed by atoms with Crippen molar-refractivity contribution in [2.45, 2.75) is 19.9 Å². The lowest BCUT2D eigenvalue weighted by Gasteiger charge is -2.12. The molecule has 0 aliphatic rings. The Balaban J connectivity index is 1.59. The minimum atomic E-state index is 0.630. The molecule has 0 saturated heterocycles. The number of ether oxygens (including phenoxy) is 1. The van der Waals surface area contributed by atoms with Gasteiger partial charge in [-0.3, -0.25) is 0 Å². The molecule has 0 radical (unpaired) electrons. The monoisotopic (exact) mass is 382 g/mol. The molecule has 2 N–H and O–H groups in total. The van der Waals surface area contributed by atoms with E-state index in [1.54, 1.807) is 7.11 Å². The highest BCUT2D eigenvalue weighted by molar-refractivity contribution is 6.30. The second-order valence-electron chi connectivity index (χ2n) is 6.15. The zero-order valence-electron chi connectivity index (χ0n) is 15.5. The topological polar surface area (TPSA) is 59.1 Å². The van der Waals surface area contributed by atoms with Crippen molar-refractivity contribution >= 4 is 23.2 Å². The SMILES string of the molecule is COc1ccccc1CNc1cc(NCCc2ccc(Cl)cc2)nc(C)n1. The highest BCUT2D eigenvalue weighted by Crippen LogP contribution is 2.19. The molecule has 27 heavy (non-hydrogen) atoms. The van der Waals surface area contributed by atoms with Crippen LogP contribution in [0.1, 0.15) is 17.0 Å². The average molecular weight is 383 g/mol. The maximum Gasteiger partial charge on any atom is 0.132 e. The maximum absolute atomic E-state index is 5.92. The van der Waals surface area contributed by atoms with Crippen LogP contribution in [-0.4, -0.2) is 23.6 Å². The Morgan fingerprint density at radius 2 is 1.67 bits per heavy atom. The van der Waals surface area contributed by atoms with Gasteiger partial charge in [-0.1, -0.05) is 41.9 Å². The van der Waals surface area contributed by atoms with Crippen molar-refractivity contribution in [3.63, 3.8) is 0 Å². The summed E-state index contributed by atoms with van der Waals surface area (Å²) in [7, 11) is 1.68. The summed E-state index contributed by atoms with van der Waals surface area (Å²) in [5.41, 5.74) is 2.31. The van der Waals surface area contributed by atoms with Crippen molar-refractivity contribution in [3.8, 4) is 5.75 Å². The van der Waals surface area contributed by atoms with Gasteiger partial charge in [0.2, 0.25) is 0 Å². The molecule has 2 aromatic carbocycles. The maximum atomic E-state index is 5.92. The van der Waals surface area contributed by atoms with E-state index in [2.05, 4.69) is 20.6 Å². The van der Waals surface area contributed by atoms with Crippen LogP contribution in [0.3, 0.4) is 0 Å². The molecule has 6 heteroatoms. The molecule has 140 valence electrons. The van der Waals surface area contributed by atoms with Crippen molar-refractivity contribution in [3.05, 3.63) is 76.6 Å². The lowest BCUT2D eigenvalue weighted by atomic mass is 10.1. The summed E-state index contributed by atoms with van der Waals surface area (Å²) < 4.78 is 5.39. The number of para-hydroxylation sites is 1. The van der Waals surface area contributed by atoms with Crippen LogP contribution in [0.25, 0.3) is 0 Å². The molecule has 0 saturated carbocycles. The lowest BCUT2D eigenvalue weighted by molar-refractivity contribution is 0.410. The van der Waals surface area contributed by atoms with Crippen LogP contribution in [0.15, 0.2) is 54.6 Å². The van der Waals surface area contributed by atoms with Crippen molar-refractivity contribution < 1.29 is 4.74 Å².